The number of hydrogen-bond donors (Lipinski definition) is 2. The molecule has 172 valence electrons. The lowest BCUT2D eigenvalue weighted by Crippen LogP contribution is -2.47. The van der Waals surface area contributed by atoms with E-state index in [0.717, 1.165) is 43.6 Å². The third-order valence-corrected chi connectivity index (χ3v) is 6.19. The van der Waals surface area contributed by atoms with Crippen molar-refractivity contribution in [3.05, 3.63) is 64.9 Å². The topological polar surface area (TPSA) is 88.9 Å². The first-order valence-electron chi connectivity index (χ1n) is 11.3. The number of benzene rings is 2. The van der Waals surface area contributed by atoms with Crippen LogP contribution >= 0.6 is 11.6 Å². The zero-order valence-electron chi connectivity index (χ0n) is 18.8. The molecule has 0 fully saturated rings. The molecule has 0 radical (unpaired) electrons. The molecule has 0 saturated carbocycles. The summed E-state index contributed by atoms with van der Waals surface area (Å²) in [5.74, 6) is 1.01. The first kappa shape index (κ1) is 23.0. The summed E-state index contributed by atoms with van der Waals surface area (Å²) in [6.45, 7) is 4.65. The number of rotatable bonds is 6. The van der Waals surface area contributed by atoms with E-state index in [0.29, 0.717) is 22.1 Å². The first-order chi connectivity index (χ1) is 15.9. The van der Waals surface area contributed by atoms with E-state index in [-0.39, 0.29) is 17.7 Å². The predicted octanol–water partition coefficient (Wildman–Crippen LogP) is 4.72. The Morgan fingerprint density at radius 2 is 1.82 bits per heavy atom. The summed E-state index contributed by atoms with van der Waals surface area (Å²) in [6.07, 6.45) is 4.24. The van der Waals surface area contributed by atoms with Gasteiger partial charge in [-0.1, -0.05) is 50.1 Å². The highest BCUT2D eigenvalue weighted by Gasteiger charge is 2.25. The number of anilines is 1. The van der Waals surface area contributed by atoms with Crippen LogP contribution in [0.3, 0.4) is 0 Å². The standard InChI is InChI=1S/C25H28ClN5O2/c1-16(2)22(28-24(32)17-9-5-3-6-10-17)25(33)27-18-12-13-20(26)19(15-18)23-30-29-21-11-7-4-8-14-31(21)23/h3,5-6,9-10,12-13,15-16,22H,4,7-8,11,14H2,1-2H3,(H,27,33)(H,28,32)/t22-/m0/s1. The van der Waals surface area contributed by atoms with E-state index in [1.54, 1.807) is 36.4 Å². The van der Waals surface area contributed by atoms with Gasteiger partial charge in [-0.15, -0.1) is 10.2 Å². The summed E-state index contributed by atoms with van der Waals surface area (Å²) in [6, 6.07) is 13.5. The lowest BCUT2D eigenvalue weighted by molar-refractivity contribution is -0.118. The zero-order valence-corrected chi connectivity index (χ0v) is 19.6. The highest BCUT2D eigenvalue weighted by atomic mass is 35.5. The van der Waals surface area contributed by atoms with E-state index in [2.05, 4.69) is 25.4 Å². The number of amides is 2. The molecule has 7 nitrogen and oxygen atoms in total. The van der Waals surface area contributed by atoms with Gasteiger partial charge in [0, 0.05) is 29.8 Å². The summed E-state index contributed by atoms with van der Waals surface area (Å²) in [5.41, 5.74) is 1.83. The van der Waals surface area contributed by atoms with Crippen molar-refractivity contribution in [2.75, 3.05) is 5.32 Å². The minimum absolute atomic E-state index is 0.100. The molecule has 8 heteroatoms. The average molecular weight is 466 g/mol. The number of carbonyl (C=O) groups is 2. The van der Waals surface area contributed by atoms with Gasteiger partial charge < -0.3 is 15.2 Å². The van der Waals surface area contributed by atoms with E-state index < -0.39 is 6.04 Å². The molecule has 1 aliphatic heterocycles. The highest BCUT2D eigenvalue weighted by molar-refractivity contribution is 6.33. The van der Waals surface area contributed by atoms with E-state index >= 15 is 0 Å². The number of aromatic nitrogens is 3. The maximum atomic E-state index is 13.1. The molecule has 2 heterocycles. The van der Waals surface area contributed by atoms with E-state index in [1.807, 2.05) is 26.0 Å². The molecular formula is C25H28ClN5O2. The summed E-state index contributed by atoms with van der Waals surface area (Å²) < 4.78 is 2.12. The van der Waals surface area contributed by atoms with Crippen molar-refractivity contribution < 1.29 is 9.59 Å². The molecule has 1 aromatic heterocycles. The van der Waals surface area contributed by atoms with Gasteiger partial charge >= 0.3 is 0 Å². The van der Waals surface area contributed by atoms with E-state index in [4.69, 9.17) is 11.6 Å². The van der Waals surface area contributed by atoms with Crippen LogP contribution in [0.4, 0.5) is 5.69 Å². The third-order valence-electron chi connectivity index (χ3n) is 5.86. The molecule has 0 spiro atoms. The Morgan fingerprint density at radius 3 is 2.58 bits per heavy atom. The van der Waals surface area contributed by atoms with Crippen LogP contribution in [0, 0.1) is 5.92 Å². The van der Waals surface area contributed by atoms with Crippen molar-refractivity contribution in [2.24, 2.45) is 5.92 Å². The maximum absolute atomic E-state index is 13.1. The van der Waals surface area contributed by atoms with Gasteiger partial charge in [-0.25, -0.2) is 0 Å². The van der Waals surface area contributed by atoms with Crippen LogP contribution in [0.25, 0.3) is 11.4 Å². The van der Waals surface area contributed by atoms with Gasteiger partial charge in [0.05, 0.1) is 5.02 Å². The van der Waals surface area contributed by atoms with Crippen LogP contribution in [0.15, 0.2) is 48.5 Å². The number of fused-ring (bicyclic) bond motifs is 1. The number of aryl methyl sites for hydroxylation is 1. The lowest BCUT2D eigenvalue weighted by atomic mass is 10.0. The average Bonchev–Trinajstić information content (AvgIpc) is 3.06. The number of hydrogen-bond acceptors (Lipinski definition) is 4. The molecule has 4 rings (SSSR count). The van der Waals surface area contributed by atoms with E-state index in [9.17, 15) is 9.59 Å². The Morgan fingerprint density at radius 1 is 1.03 bits per heavy atom. The molecule has 2 N–H and O–H groups in total. The minimum Gasteiger partial charge on any atom is -0.340 e. The van der Waals surface area contributed by atoms with Crippen molar-refractivity contribution in [3.63, 3.8) is 0 Å². The zero-order chi connectivity index (χ0) is 23.4. The molecule has 0 unspecified atom stereocenters. The van der Waals surface area contributed by atoms with Crippen LogP contribution in [0.2, 0.25) is 5.02 Å². The van der Waals surface area contributed by atoms with Gasteiger partial charge in [0.1, 0.15) is 11.9 Å². The molecule has 2 amide bonds. The first-order valence-corrected chi connectivity index (χ1v) is 11.7. The highest BCUT2D eigenvalue weighted by Crippen LogP contribution is 2.31. The molecule has 2 aromatic carbocycles. The fourth-order valence-corrected chi connectivity index (χ4v) is 4.23. The number of halogens is 1. The van der Waals surface area contributed by atoms with Crippen LogP contribution in [-0.2, 0) is 17.8 Å². The molecule has 0 bridgehead atoms. The quantitative estimate of drug-likeness (QED) is 0.551. The smallest absolute Gasteiger partial charge is 0.251 e. The Bertz CT molecular complexity index is 1140. The maximum Gasteiger partial charge on any atom is 0.251 e. The Hall–Kier alpha value is -3.19. The lowest BCUT2D eigenvalue weighted by Gasteiger charge is -2.22. The molecule has 1 aliphatic rings. The van der Waals surface area contributed by atoms with Crippen molar-refractivity contribution >= 4 is 29.1 Å². The fraction of sp³-hybridized carbons (Fsp3) is 0.360. The third kappa shape index (κ3) is 5.25. The van der Waals surface area contributed by atoms with Gasteiger partial charge in [-0.05, 0) is 49.1 Å². The second-order valence-electron chi connectivity index (χ2n) is 8.65. The Labute approximate surface area is 198 Å². The van der Waals surface area contributed by atoms with Gasteiger partial charge in [0.2, 0.25) is 5.91 Å². The normalized spacial score (nSPS) is 14.3. The van der Waals surface area contributed by atoms with Gasteiger partial charge in [-0.3, -0.25) is 9.59 Å². The predicted molar refractivity (Wildman–Crippen MR) is 129 cm³/mol. The van der Waals surface area contributed by atoms with Gasteiger partial charge in [-0.2, -0.15) is 0 Å². The number of carbonyl (C=O) groups excluding carboxylic acids is 2. The van der Waals surface area contributed by atoms with Crippen LogP contribution in [0.5, 0.6) is 0 Å². The molecule has 3 aromatic rings. The summed E-state index contributed by atoms with van der Waals surface area (Å²) in [4.78, 5) is 25.7. The number of nitrogens with one attached hydrogen (secondary N) is 2. The van der Waals surface area contributed by atoms with Crippen molar-refractivity contribution in [1.29, 1.82) is 0 Å². The summed E-state index contributed by atoms with van der Waals surface area (Å²) >= 11 is 6.51. The van der Waals surface area contributed by atoms with Crippen molar-refractivity contribution in [3.8, 4) is 11.4 Å². The van der Waals surface area contributed by atoms with Crippen molar-refractivity contribution in [1.82, 2.24) is 20.1 Å². The van der Waals surface area contributed by atoms with E-state index in [1.165, 1.54) is 0 Å². The van der Waals surface area contributed by atoms with Crippen molar-refractivity contribution in [2.45, 2.75) is 52.1 Å². The van der Waals surface area contributed by atoms with Crippen LogP contribution < -0.4 is 10.6 Å². The van der Waals surface area contributed by atoms with Gasteiger partial charge in [0.15, 0.2) is 5.82 Å². The van der Waals surface area contributed by atoms with Crippen LogP contribution in [0.1, 0.15) is 49.3 Å². The Balaban J connectivity index is 1.54. The minimum atomic E-state index is -0.693. The SMILES string of the molecule is CC(C)[C@H](NC(=O)c1ccccc1)C(=O)Nc1ccc(Cl)c(-c2nnc3n2CCCCC3)c1. The monoisotopic (exact) mass is 465 g/mol. The molecule has 0 aliphatic carbocycles. The fourth-order valence-electron chi connectivity index (χ4n) is 4.03. The second-order valence-corrected chi connectivity index (χ2v) is 9.05. The summed E-state index contributed by atoms with van der Waals surface area (Å²) in [7, 11) is 0. The Kier molecular flexibility index (Phi) is 7.08. The van der Waals surface area contributed by atoms with Crippen LogP contribution in [-0.4, -0.2) is 32.6 Å². The molecular weight excluding hydrogens is 438 g/mol. The second kappa shape index (κ2) is 10.2. The molecule has 33 heavy (non-hydrogen) atoms. The molecule has 0 saturated heterocycles. The molecule has 1 atom stereocenters. The van der Waals surface area contributed by atoms with Gasteiger partial charge in [0.25, 0.3) is 5.91 Å². The number of nitrogens with zero attached hydrogens (tertiary/aromatic N) is 3. The summed E-state index contributed by atoms with van der Waals surface area (Å²) in [5, 5.41) is 15.1. The largest absolute Gasteiger partial charge is 0.340 e.